The average molecular weight is 251 g/mol. The van der Waals surface area contributed by atoms with Crippen LogP contribution in [0.3, 0.4) is 0 Å². The molecule has 1 aliphatic rings. The molecule has 1 saturated heterocycles. The summed E-state index contributed by atoms with van der Waals surface area (Å²) in [4.78, 5) is 24.1. The van der Waals surface area contributed by atoms with Crippen LogP contribution in [0.1, 0.15) is 23.2 Å². The van der Waals surface area contributed by atoms with Crippen LogP contribution in [0.15, 0.2) is 24.3 Å². The van der Waals surface area contributed by atoms with Gasteiger partial charge >= 0.3 is 5.97 Å². The predicted molar refractivity (Wildman–Crippen MR) is 62.7 cm³/mol. The lowest BCUT2D eigenvalue weighted by atomic mass is 10.1. The van der Waals surface area contributed by atoms with E-state index in [1.54, 1.807) is 6.07 Å². The summed E-state index contributed by atoms with van der Waals surface area (Å²) in [5.74, 6) is -1.79. The summed E-state index contributed by atoms with van der Waals surface area (Å²) in [6.45, 7) is 0.880. The Morgan fingerprint density at radius 3 is 2.78 bits per heavy atom. The van der Waals surface area contributed by atoms with Gasteiger partial charge in [0.1, 0.15) is 5.82 Å². The number of rotatable bonds is 3. The van der Waals surface area contributed by atoms with Crippen LogP contribution in [0.4, 0.5) is 4.39 Å². The highest BCUT2D eigenvalue weighted by Crippen LogP contribution is 2.22. The number of benzene rings is 1. The van der Waals surface area contributed by atoms with Crippen molar-refractivity contribution in [2.75, 3.05) is 13.1 Å². The number of aliphatic carboxylic acids is 1. The van der Waals surface area contributed by atoms with Gasteiger partial charge in [-0.05, 0) is 24.5 Å². The summed E-state index contributed by atoms with van der Waals surface area (Å²) in [5, 5.41) is 8.70. The quantitative estimate of drug-likeness (QED) is 0.890. The molecule has 96 valence electrons. The molecule has 0 bridgehead atoms. The van der Waals surface area contributed by atoms with Crippen LogP contribution >= 0.6 is 0 Å². The Kier molecular flexibility index (Phi) is 3.60. The molecular weight excluding hydrogens is 237 g/mol. The molecule has 18 heavy (non-hydrogen) atoms. The molecule has 1 aliphatic heterocycles. The molecule has 1 aromatic rings. The van der Waals surface area contributed by atoms with Crippen molar-refractivity contribution >= 4 is 11.9 Å². The summed E-state index contributed by atoms with van der Waals surface area (Å²) in [6, 6.07) is 5.84. The maximum absolute atomic E-state index is 13.5. The third kappa shape index (κ3) is 2.67. The van der Waals surface area contributed by atoms with Gasteiger partial charge in [-0.2, -0.15) is 0 Å². The second-order valence-corrected chi connectivity index (χ2v) is 4.48. The van der Waals surface area contributed by atoms with Crippen molar-refractivity contribution in [1.29, 1.82) is 0 Å². The molecule has 1 fully saturated rings. The lowest BCUT2D eigenvalue weighted by Crippen LogP contribution is -2.29. The third-order valence-electron chi connectivity index (χ3n) is 3.14. The zero-order valence-electron chi connectivity index (χ0n) is 9.80. The van der Waals surface area contributed by atoms with E-state index in [0.717, 1.165) is 0 Å². The maximum atomic E-state index is 13.5. The van der Waals surface area contributed by atoms with Gasteiger partial charge in [-0.3, -0.25) is 9.59 Å². The fourth-order valence-corrected chi connectivity index (χ4v) is 2.24. The summed E-state index contributed by atoms with van der Waals surface area (Å²) in [7, 11) is 0. The van der Waals surface area contributed by atoms with Crippen molar-refractivity contribution in [3.63, 3.8) is 0 Å². The largest absolute Gasteiger partial charge is 0.481 e. The van der Waals surface area contributed by atoms with Gasteiger partial charge in [0.05, 0.1) is 5.56 Å². The van der Waals surface area contributed by atoms with Gasteiger partial charge < -0.3 is 10.0 Å². The summed E-state index contributed by atoms with van der Waals surface area (Å²) < 4.78 is 13.5. The number of halogens is 1. The van der Waals surface area contributed by atoms with Gasteiger partial charge in [0, 0.05) is 19.5 Å². The van der Waals surface area contributed by atoms with Gasteiger partial charge in [-0.25, -0.2) is 4.39 Å². The van der Waals surface area contributed by atoms with Crippen LogP contribution in [0.25, 0.3) is 0 Å². The second-order valence-electron chi connectivity index (χ2n) is 4.48. The Balaban J connectivity index is 2.04. The van der Waals surface area contributed by atoms with E-state index in [1.807, 2.05) is 0 Å². The first kappa shape index (κ1) is 12.5. The van der Waals surface area contributed by atoms with E-state index < -0.39 is 11.8 Å². The van der Waals surface area contributed by atoms with Crippen LogP contribution in [-0.2, 0) is 4.79 Å². The van der Waals surface area contributed by atoms with Crippen molar-refractivity contribution in [3.8, 4) is 0 Å². The van der Waals surface area contributed by atoms with Crippen molar-refractivity contribution in [2.24, 2.45) is 5.92 Å². The van der Waals surface area contributed by atoms with Crippen LogP contribution in [-0.4, -0.2) is 35.0 Å². The maximum Gasteiger partial charge on any atom is 0.303 e. The molecule has 1 N–H and O–H groups in total. The van der Waals surface area contributed by atoms with E-state index in [1.165, 1.54) is 23.1 Å². The molecule has 1 aromatic carbocycles. The van der Waals surface area contributed by atoms with Crippen LogP contribution in [0, 0.1) is 11.7 Å². The summed E-state index contributed by atoms with van der Waals surface area (Å²) >= 11 is 0. The normalized spacial score (nSPS) is 18.9. The van der Waals surface area contributed by atoms with E-state index in [0.29, 0.717) is 19.5 Å². The number of carbonyl (C=O) groups excluding carboxylic acids is 1. The second kappa shape index (κ2) is 5.16. The van der Waals surface area contributed by atoms with Crippen molar-refractivity contribution in [2.45, 2.75) is 12.8 Å². The fraction of sp³-hybridized carbons (Fsp3) is 0.385. The van der Waals surface area contributed by atoms with Crippen molar-refractivity contribution in [3.05, 3.63) is 35.6 Å². The molecule has 1 atom stereocenters. The zero-order chi connectivity index (χ0) is 13.1. The number of carbonyl (C=O) groups is 2. The Labute approximate surface area is 104 Å². The van der Waals surface area contributed by atoms with Crippen LogP contribution < -0.4 is 0 Å². The van der Waals surface area contributed by atoms with Crippen LogP contribution in [0.2, 0.25) is 0 Å². The van der Waals surface area contributed by atoms with Gasteiger partial charge in [-0.15, -0.1) is 0 Å². The number of carboxylic acid groups (broad SMARTS) is 1. The van der Waals surface area contributed by atoms with E-state index >= 15 is 0 Å². The molecular formula is C13H14FNO3. The Morgan fingerprint density at radius 1 is 1.39 bits per heavy atom. The molecule has 5 heteroatoms. The van der Waals surface area contributed by atoms with Gasteiger partial charge in [0.15, 0.2) is 0 Å². The van der Waals surface area contributed by atoms with E-state index in [2.05, 4.69) is 0 Å². The smallest absolute Gasteiger partial charge is 0.303 e. The van der Waals surface area contributed by atoms with Crippen molar-refractivity contribution in [1.82, 2.24) is 4.90 Å². The predicted octanol–water partition coefficient (Wildman–Crippen LogP) is 1.76. The molecule has 0 aromatic heterocycles. The van der Waals surface area contributed by atoms with E-state index in [-0.39, 0.29) is 23.8 Å². The summed E-state index contributed by atoms with van der Waals surface area (Å²) in [5.41, 5.74) is 0.0495. The minimum atomic E-state index is -0.861. The minimum absolute atomic E-state index is 0.0294. The van der Waals surface area contributed by atoms with E-state index in [9.17, 15) is 14.0 Å². The highest BCUT2D eigenvalue weighted by Gasteiger charge is 2.29. The highest BCUT2D eigenvalue weighted by atomic mass is 19.1. The monoisotopic (exact) mass is 251 g/mol. The number of hydrogen-bond donors (Lipinski definition) is 1. The lowest BCUT2D eigenvalue weighted by Gasteiger charge is -2.16. The van der Waals surface area contributed by atoms with Gasteiger partial charge in [-0.1, -0.05) is 12.1 Å². The van der Waals surface area contributed by atoms with Gasteiger partial charge in [0.2, 0.25) is 0 Å². The molecule has 0 radical (unpaired) electrons. The highest BCUT2D eigenvalue weighted by molar-refractivity contribution is 5.94. The topological polar surface area (TPSA) is 57.6 Å². The summed E-state index contributed by atoms with van der Waals surface area (Å²) in [6.07, 6.45) is 0.716. The molecule has 2 rings (SSSR count). The molecule has 1 heterocycles. The van der Waals surface area contributed by atoms with Crippen molar-refractivity contribution < 1.29 is 19.1 Å². The SMILES string of the molecule is O=C(O)CC1CCN(C(=O)c2ccccc2F)C1. The number of nitrogens with zero attached hydrogens (tertiary/aromatic N) is 1. The molecule has 1 unspecified atom stereocenters. The molecule has 4 nitrogen and oxygen atoms in total. The molecule has 1 amide bonds. The third-order valence-corrected chi connectivity index (χ3v) is 3.14. The van der Waals surface area contributed by atoms with E-state index in [4.69, 9.17) is 5.11 Å². The standard InChI is InChI=1S/C13H14FNO3/c14-11-4-2-1-3-10(11)13(18)15-6-5-9(8-15)7-12(16)17/h1-4,9H,5-8H2,(H,16,17). The number of likely N-dealkylation sites (tertiary alicyclic amines) is 1. The first-order valence-corrected chi connectivity index (χ1v) is 5.83. The Morgan fingerprint density at radius 2 is 2.11 bits per heavy atom. The van der Waals surface area contributed by atoms with Crippen LogP contribution in [0.5, 0.6) is 0 Å². The minimum Gasteiger partial charge on any atom is -0.481 e. The number of carboxylic acids is 1. The Bertz CT molecular complexity index is 475. The first-order chi connectivity index (χ1) is 8.58. The van der Waals surface area contributed by atoms with Gasteiger partial charge in [0.25, 0.3) is 5.91 Å². The zero-order valence-corrected chi connectivity index (χ0v) is 9.80. The lowest BCUT2D eigenvalue weighted by molar-refractivity contribution is -0.138. The Hall–Kier alpha value is -1.91. The number of hydrogen-bond acceptors (Lipinski definition) is 2. The first-order valence-electron chi connectivity index (χ1n) is 5.83. The molecule has 0 saturated carbocycles. The molecule has 0 spiro atoms. The average Bonchev–Trinajstić information content (AvgIpc) is 2.76. The molecule has 0 aliphatic carbocycles. The number of amides is 1. The fourth-order valence-electron chi connectivity index (χ4n) is 2.24.